The number of rotatable bonds is 9. The molecule has 5 heteroatoms. The third-order valence-corrected chi connectivity index (χ3v) is 3.94. The summed E-state index contributed by atoms with van der Waals surface area (Å²) in [6.07, 6.45) is 1.67. The maximum Gasteiger partial charge on any atom is 0.234 e. The van der Waals surface area contributed by atoms with Gasteiger partial charge in [0.05, 0.1) is 13.1 Å². The fraction of sp³-hybridized carbons (Fsp3) is 0.882. The Morgan fingerprint density at radius 1 is 0.909 bits per heavy atom. The SMILES string of the molecule is CC(C)CCC(=O)CN1CCN(CC(=O)NCC(C)C)CC1. The molecular formula is C17H33N3O2. The lowest BCUT2D eigenvalue weighted by atomic mass is 10.1. The molecular weight excluding hydrogens is 278 g/mol. The number of carbonyl (C=O) groups excluding carboxylic acids is 2. The lowest BCUT2D eigenvalue weighted by Gasteiger charge is -2.33. The average Bonchev–Trinajstić information content (AvgIpc) is 2.45. The van der Waals surface area contributed by atoms with Crippen molar-refractivity contribution in [1.29, 1.82) is 0 Å². The fourth-order valence-electron chi connectivity index (χ4n) is 2.46. The van der Waals surface area contributed by atoms with Gasteiger partial charge in [-0.15, -0.1) is 0 Å². The molecule has 0 radical (unpaired) electrons. The summed E-state index contributed by atoms with van der Waals surface area (Å²) < 4.78 is 0. The van der Waals surface area contributed by atoms with Crippen LogP contribution < -0.4 is 5.32 Å². The largest absolute Gasteiger partial charge is 0.355 e. The number of nitrogens with one attached hydrogen (secondary N) is 1. The molecule has 1 N–H and O–H groups in total. The summed E-state index contributed by atoms with van der Waals surface area (Å²) in [7, 11) is 0. The average molecular weight is 311 g/mol. The molecule has 0 bridgehead atoms. The Morgan fingerprint density at radius 2 is 1.45 bits per heavy atom. The lowest BCUT2D eigenvalue weighted by molar-refractivity contribution is -0.124. The van der Waals surface area contributed by atoms with Crippen LogP contribution >= 0.6 is 0 Å². The normalized spacial score (nSPS) is 17.2. The summed E-state index contributed by atoms with van der Waals surface area (Å²) in [5, 5.41) is 2.95. The predicted octanol–water partition coefficient (Wildman–Crippen LogP) is 1.38. The minimum atomic E-state index is 0.107. The van der Waals surface area contributed by atoms with Gasteiger partial charge in [0.1, 0.15) is 5.78 Å². The quantitative estimate of drug-likeness (QED) is 0.699. The topological polar surface area (TPSA) is 52.7 Å². The van der Waals surface area contributed by atoms with Crippen molar-refractivity contribution in [3.8, 4) is 0 Å². The zero-order valence-corrected chi connectivity index (χ0v) is 14.7. The highest BCUT2D eigenvalue weighted by Gasteiger charge is 2.20. The summed E-state index contributed by atoms with van der Waals surface area (Å²) in [5.41, 5.74) is 0. The van der Waals surface area contributed by atoms with Crippen LogP contribution in [0.5, 0.6) is 0 Å². The van der Waals surface area contributed by atoms with Gasteiger partial charge in [0, 0.05) is 39.1 Å². The summed E-state index contributed by atoms with van der Waals surface area (Å²) in [5.74, 6) is 1.52. The molecule has 1 fully saturated rings. The van der Waals surface area contributed by atoms with E-state index >= 15 is 0 Å². The minimum absolute atomic E-state index is 0.107. The number of amides is 1. The molecule has 0 unspecified atom stereocenters. The van der Waals surface area contributed by atoms with E-state index < -0.39 is 0 Å². The van der Waals surface area contributed by atoms with Crippen LogP contribution in [0.25, 0.3) is 0 Å². The van der Waals surface area contributed by atoms with E-state index in [0.29, 0.717) is 37.1 Å². The van der Waals surface area contributed by atoms with E-state index in [1.54, 1.807) is 0 Å². The highest BCUT2D eigenvalue weighted by Crippen LogP contribution is 2.06. The van der Waals surface area contributed by atoms with Gasteiger partial charge in [0.15, 0.2) is 0 Å². The molecule has 1 aliphatic heterocycles. The molecule has 1 saturated heterocycles. The highest BCUT2D eigenvalue weighted by molar-refractivity contribution is 5.80. The first kappa shape index (κ1) is 19.1. The summed E-state index contributed by atoms with van der Waals surface area (Å²) >= 11 is 0. The van der Waals surface area contributed by atoms with Crippen LogP contribution in [-0.4, -0.2) is 67.3 Å². The van der Waals surface area contributed by atoms with Gasteiger partial charge in [-0.2, -0.15) is 0 Å². The Balaban J connectivity index is 2.17. The summed E-state index contributed by atoms with van der Waals surface area (Å²) in [6, 6.07) is 0. The number of carbonyl (C=O) groups is 2. The van der Waals surface area contributed by atoms with Crippen LogP contribution in [0.4, 0.5) is 0 Å². The van der Waals surface area contributed by atoms with Gasteiger partial charge in [-0.05, 0) is 18.3 Å². The number of nitrogens with zero attached hydrogens (tertiary/aromatic N) is 2. The second-order valence-electron chi connectivity index (χ2n) is 7.22. The molecule has 5 nitrogen and oxygen atoms in total. The number of ketones is 1. The van der Waals surface area contributed by atoms with Crippen molar-refractivity contribution in [2.45, 2.75) is 40.5 Å². The molecule has 1 aliphatic rings. The first-order chi connectivity index (χ1) is 10.4. The van der Waals surface area contributed by atoms with Crippen LogP contribution in [0.1, 0.15) is 40.5 Å². The fourth-order valence-corrected chi connectivity index (χ4v) is 2.46. The molecule has 0 spiro atoms. The van der Waals surface area contributed by atoms with Crippen LogP contribution in [-0.2, 0) is 9.59 Å². The minimum Gasteiger partial charge on any atom is -0.355 e. The zero-order chi connectivity index (χ0) is 16.5. The van der Waals surface area contributed by atoms with Crippen molar-refractivity contribution in [2.75, 3.05) is 45.8 Å². The van der Waals surface area contributed by atoms with Crippen molar-refractivity contribution in [3.63, 3.8) is 0 Å². The third-order valence-electron chi connectivity index (χ3n) is 3.94. The molecule has 1 heterocycles. The first-order valence-corrected chi connectivity index (χ1v) is 8.60. The van der Waals surface area contributed by atoms with Crippen LogP contribution in [0, 0.1) is 11.8 Å². The van der Waals surface area contributed by atoms with Gasteiger partial charge in [-0.1, -0.05) is 27.7 Å². The monoisotopic (exact) mass is 311 g/mol. The van der Waals surface area contributed by atoms with Crippen molar-refractivity contribution < 1.29 is 9.59 Å². The standard InChI is InChI=1S/C17H33N3O2/c1-14(2)5-6-16(21)12-19-7-9-20(10-8-19)13-17(22)18-11-15(3)4/h14-15H,5-13H2,1-4H3,(H,18,22). The molecule has 128 valence electrons. The summed E-state index contributed by atoms with van der Waals surface area (Å²) in [4.78, 5) is 28.1. The molecule has 0 aromatic heterocycles. The second kappa shape index (κ2) is 9.95. The number of hydrogen-bond donors (Lipinski definition) is 1. The van der Waals surface area contributed by atoms with Crippen molar-refractivity contribution in [3.05, 3.63) is 0 Å². The first-order valence-electron chi connectivity index (χ1n) is 8.60. The highest BCUT2D eigenvalue weighted by atomic mass is 16.2. The maximum atomic E-state index is 11.9. The van der Waals surface area contributed by atoms with E-state index in [4.69, 9.17) is 0 Å². The number of hydrogen-bond acceptors (Lipinski definition) is 4. The molecule has 0 aromatic rings. The Bertz CT molecular complexity index is 314. The number of Topliss-reactive ketones (excluding diaryl/α,β-unsaturated/α-hetero) is 1. The Morgan fingerprint density at radius 3 is 1.95 bits per heavy atom. The van der Waals surface area contributed by atoms with E-state index in [-0.39, 0.29) is 5.91 Å². The van der Waals surface area contributed by atoms with Crippen molar-refractivity contribution >= 4 is 11.7 Å². The van der Waals surface area contributed by atoms with Gasteiger partial charge in [0.25, 0.3) is 0 Å². The van der Waals surface area contributed by atoms with Gasteiger partial charge in [-0.3, -0.25) is 19.4 Å². The maximum absolute atomic E-state index is 11.9. The van der Waals surface area contributed by atoms with Gasteiger partial charge in [0.2, 0.25) is 5.91 Å². The van der Waals surface area contributed by atoms with E-state index in [1.165, 1.54) is 0 Å². The molecule has 22 heavy (non-hydrogen) atoms. The smallest absolute Gasteiger partial charge is 0.234 e. The number of piperazine rings is 1. The molecule has 0 aromatic carbocycles. The Kier molecular flexibility index (Phi) is 8.64. The lowest BCUT2D eigenvalue weighted by Crippen LogP contribution is -2.50. The van der Waals surface area contributed by atoms with Crippen LogP contribution in [0.2, 0.25) is 0 Å². The Labute approximate surface area is 135 Å². The van der Waals surface area contributed by atoms with Gasteiger partial charge < -0.3 is 5.32 Å². The molecule has 1 rings (SSSR count). The van der Waals surface area contributed by atoms with Crippen LogP contribution in [0.3, 0.4) is 0 Å². The van der Waals surface area contributed by atoms with E-state index in [1.807, 2.05) is 0 Å². The molecule has 0 aliphatic carbocycles. The van der Waals surface area contributed by atoms with Gasteiger partial charge in [-0.25, -0.2) is 0 Å². The third kappa shape index (κ3) is 8.49. The zero-order valence-electron chi connectivity index (χ0n) is 14.7. The van der Waals surface area contributed by atoms with Gasteiger partial charge >= 0.3 is 0 Å². The summed E-state index contributed by atoms with van der Waals surface area (Å²) in [6.45, 7) is 13.8. The molecule has 0 saturated carbocycles. The van der Waals surface area contributed by atoms with Crippen molar-refractivity contribution in [1.82, 2.24) is 15.1 Å². The molecule has 1 amide bonds. The van der Waals surface area contributed by atoms with Crippen LogP contribution in [0.15, 0.2) is 0 Å². The van der Waals surface area contributed by atoms with Crippen molar-refractivity contribution in [2.24, 2.45) is 11.8 Å². The van der Waals surface area contributed by atoms with E-state index in [2.05, 4.69) is 42.8 Å². The Hall–Kier alpha value is -0.940. The molecule has 0 atom stereocenters. The van der Waals surface area contributed by atoms with E-state index in [0.717, 1.165) is 39.1 Å². The van der Waals surface area contributed by atoms with E-state index in [9.17, 15) is 9.59 Å². The predicted molar refractivity (Wildman–Crippen MR) is 89.8 cm³/mol. The second-order valence-corrected chi connectivity index (χ2v) is 7.22.